The molecule has 106 valence electrons. The summed E-state index contributed by atoms with van der Waals surface area (Å²) < 4.78 is 24.6. The summed E-state index contributed by atoms with van der Waals surface area (Å²) in [5.41, 5.74) is -0.534. The Labute approximate surface area is 112 Å². The summed E-state index contributed by atoms with van der Waals surface area (Å²) in [6.07, 6.45) is 0.306. The molecule has 0 unspecified atom stereocenters. The third-order valence-corrected chi connectivity index (χ3v) is 2.81. The molecule has 1 aromatic carbocycles. The number of carbonyl (C=O) groups is 1. The van der Waals surface area contributed by atoms with Crippen LogP contribution in [0.2, 0.25) is 0 Å². The molecule has 0 spiro atoms. The lowest BCUT2D eigenvalue weighted by atomic mass is 9.95. The van der Waals surface area contributed by atoms with Gasteiger partial charge in [-0.1, -0.05) is 0 Å². The Kier molecular flexibility index (Phi) is 4.75. The lowest BCUT2D eigenvalue weighted by molar-refractivity contribution is -0.136. The molecule has 4 nitrogen and oxygen atoms in total. The number of hydrogen-bond donors (Lipinski definition) is 1. The highest BCUT2D eigenvalue weighted by molar-refractivity contribution is 5.67. The number of rotatable bonds is 6. The Morgan fingerprint density at radius 3 is 2.37 bits per heavy atom. The number of halogens is 1. The van der Waals surface area contributed by atoms with E-state index in [1.165, 1.54) is 28.1 Å². The van der Waals surface area contributed by atoms with E-state index in [9.17, 15) is 9.18 Å². The Bertz CT molecular complexity index is 463. The van der Waals surface area contributed by atoms with Crippen molar-refractivity contribution in [3.63, 3.8) is 0 Å². The van der Waals surface area contributed by atoms with Crippen molar-refractivity contribution in [3.05, 3.63) is 23.3 Å². The first-order valence-electron chi connectivity index (χ1n) is 5.95. The fourth-order valence-corrected chi connectivity index (χ4v) is 1.86. The van der Waals surface area contributed by atoms with Gasteiger partial charge >= 0.3 is 5.97 Å². The first-order valence-corrected chi connectivity index (χ1v) is 5.95. The number of alkyl halides is 1. The van der Waals surface area contributed by atoms with E-state index in [4.69, 9.17) is 14.6 Å². The number of aryl methyl sites for hydroxylation is 1. The standard InChI is InChI=1S/C14H19FO4/c1-14(2,15)10-7-9(5-6-12(16)17)8-11(18-3)13(10)19-4/h7-8H,5-6H2,1-4H3,(H,16,17). The second kappa shape index (κ2) is 5.91. The van der Waals surface area contributed by atoms with Gasteiger partial charge in [0.15, 0.2) is 11.5 Å². The molecule has 0 bridgehead atoms. The first kappa shape index (κ1) is 15.3. The Hall–Kier alpha value is -1.78. The molecule has 0 saturated heterocycles. The van der Waals surface area contributed by atoms with Crippen LogP contribution in [-0.2, 0) is 16.9 Å². The number of benzene rings is 1. The summed E-state index contributed by atoms with van der Waals surface area (Å²) in [4.78, 5) is 10.6. The van der Waals surface area contributed by atoms with Crippen molar-refractivity contribution in [2.24, 2.45) is 0 Å². The molecule has 0 amide bonds. The molecule has 0 aliphatic heterocycles. The third-order valence-electron chi connectivity index (χ3n) is 2.81. The molecular weight excluding hydrogens is 251 g/mol. The molecule has 0 heterocycles. The zero-order chi connectivity index (χ0) is 14.6. The van der Waals surface area contributed by atoms with Crippen molar-refractivity contribution < 1.29 is 23.8 Å². The van der Waals surface area contributed by atoms with Gasteiger partial charge in [0.1, 0.15) is 5.67 Å². The van der Waals surface area contributed by atoms with E-state index >= 15 is 0 Å². The minimum Gasteiger partial charge on any atom is -0.493 e. The van der Waals surface area contributed by atoms with Crippen LogP contribution in [0, 0.1) is 0 Å². The SMILES string of the molecule is COc1cc(CCC(=O)O)cc(C(C)(C)F)c1OC. The number of aliphatic carboxylic acids is 1. The Morgan fingerprint density at radius 1 is 1.32 bits per heavy atom. The van der Waals surface area contributed by atoms with Crippen molar-refractivity contribution in [1.82, 2.24) is 0 Å². The molecule has 0 aliphatic carbocycles. The van der Waals surface area contributed by atoms with Gasteiger partial charge in [-0.05, 0) is 38.0 Å². The van der Waals surface area contributed by atoms with Crippen LogP contribution in [0.5, 0.6) is 11.5 Å². The molecule has 0 aromatic heterocycles. The highest BCUT2D eigenvalue weighted by Crippen LogP contribution is 2.40. The van der Waals surface area contributed by atoms with Gasteiger partial charge < -0.3 is 14.6 Å². The third kappa shape index (κ3) is 3.84. The van der Waals surface area contributed by atoms with Crippen LogP contribution >= 0.6 is 0 Å². The average molecular weight is 270 g/mol. The molecule has 5 heteroatoms. The molecular formula is C14H19FO4. The highest BCUT2D eigenvalue weighted by atomic mass is 19.1. The van der Waals surface area contributed by atoms with Crippen LogP contribution in [0.25, 0.3) is 0 Å². The van der Waals surface area contributed by atoms with E-state index in [0.29, 0.717) is 29.0 Å². The van der Waals surface area contributed by atoms with Crippen LogP contribution in [0.4, 0.5) is 4.39 Å². The summed E-state index contributed by atoms with van der Waals surface area (Å²) in [7, 11) is 2.91. The van der Waals surface area contributed by atoms with Gasteiger partial charge in [-0.3, -0.25) is 4.79 Å². The Balaban J connectivity index is 3.26. The minimum atomic E-state index is -1.60. The zero-order valence-corrected chi connectivity index (χ0v) is 11.6. The van der Waals surface area contributed by atoms with Crippen LogP contribution in [0.1, 0.15) is 31.4 Å². The normalized spacial score (nSPS) is 11.2. The number of hydrogen-bond acceptors (Lipinski definition) is 3. The van der Waals surface area contributed by atoms with Gasteiger partial charge in [0.2, 0.25) is 0 Å². The molecule has 0 radical (unpaired) electrons. The number of carboxylic acid groups (broad SMARTS) is 1. The van der Waals surface area contributed by atoms with Gasteiger partial charge in [-0.15, -0.1) is 0 Å². The number of methoxy groups -OCH3 is 2. The maximum absolute atomic E-state index is 14.2. The second-order valence-corrected chi connectivity index (χ2v) is 4.75. The quantitative estimate of drug-likeness (QED) is 0.863. The fourth-order valence-electron chi connectivity index (χ4n) is 1.86. The van der Waals surface area contributed by atoms with Gasteiger partial charge in [0.05, 0.1) is 14.2 Å². The molecule has 19 heavy (non-hydrogen) atoms. The molecule has 0 atom stereocenters. The van der Waals surface area contributed by atoms with E-state index < -0.39 is 11.6 Å². The predicted octanol–water partition coefficient (Wildman–Crippen LogP) is 2.93. The van der Waals surface area contributed by atoms with Crippen LogP contribution < -0.4 is 9.47 Å². The molecule has 1 N–H and O–H groups in total. The van der Waals surface area contributed by atoms with Gasteiger partial charge in [0.25, 0.3) is 0 Å². The van der Waals surface area contributed by atoms with E-state index in [-0.39, 0.29) is 6.42 Å². The monoisotopic (exact) mass is 270 g/mol. The lowest BCUT2D eigenvalue weighted by Crippen LogP contribution is -2.13. The highest BCUT2D eigenvalue weighted by Gasteiger charge is 2.26. The van der Waals surface area contributed by atoms with Crippen molar-refractivity contribution in [3.8, 4) is 11.5 Å². The van der Waals surface area contributed by atoms with Gasteiger partial charge in [-0.2, -0.15) is 0 Å². The second-order valence-electron chi connectivity index (χ2n) is 4.75. The van der Waals surface area contributed by atoms with Crippen LogP contribution in [0.3, 0.4) is 0 Å². The minimum absolute atomic E-state index is 0.0123. The number of ether oxygens (including phenoxy) is 2. The zero-order valence-electron chi connectivity index (χ0n) is 11.6. The molecule has 0 fully saturated rings. The summed E-state index contributed by atoms with van der Waals surface area (Å²) in [6.45, 7) is 2.84. The Morgan fingerprint density at radius 2 is 1.95 bits per heavy atom. The molecule has 1 aromatic rings. The first-order chi connectivity index (χ1) is 8.79. The maximum Gasteiger partial charge on any atom is 0.303 e. The largest absolute Gasteiger partial charge is 0.493 e. The maximum atomic E-state index is 14.2. The van der Waals surface area contributed by atoms with E-state index in [0.717, 1.165) is 0 Å². The summed E-state index contributed by atoms with van der Waals surface area (Å²) >= 11 is 0. The molecule has 0 aliphatic rings. The summed E-state index contributed by atoms with van der Waals surface area (Å²) in [5, 5.41) is 8.70. The number of carboxylic acids is 1. The fraction of sp³-hybridized carbons (Fsp3) is 0.500. The van der Waals surface area contributed by atoms with E-state index in [1.54, 1.807) is 12.1 Å². The van der Waals surface area contributed by atoms with E-state index in [2.05, 4.69) is 0 Å². The van der Waals surface area contributed by atoms with Crippen molar-refractivity contribution in [2.75, 3.05) is 14.2 Å². The summed E-state index contributed by atoms with van der Waals surface area (Å²) in [5.74, 6) is -0.143. The van der Waals surface area contributed by atoms with Crippen molar-refractivity contribution in [2.45, 2.75) is 32.4 Å². The van der Waals surface area contributed by atoms with Crippen LogP contribution in [-0.4, -0.2) is 25.3 Å². The van der Waals surface area contributed by atoms with Gasteiger partial charge in [-0.25, -0.2) is 4.39 Å². The molecule has 0 saturated carbocycles. The predicted molar refractivity (Wildman–Crippen MR) is 69.6 cm³/mol. The topological polar surface area (TPSA) is 55.8 Å². The van der Waals surface area contributed by atoms with Gasteiger partial charge in [0, 0.05) is 12.0 Å². The van der Waals surface area contributed by atoms with E-state index in [1.807, 2.05) is 0 Å². The molecule has 1 rings (SSSR count). The smallest absolute Gasteiger partial charge is 0.303 e. The lowest BCUT2D eigenvalue weighted by Gasteiger charge is -2.21. The van der Waals surface area contributed by atoms with Crippen LogP contribution in [0.15, 0.2) is 12.1 Å². The van der Waals surface area contributed by atoms with Crippen molar-refractivity contribution >= 4 is 5.97 Å². The summed E-state index contributed by atoms with van der Waals surface area (Å²) in [6, 6.07) is 3.31. The average Bonchev–Trinajstić information content (AvgIpc) is 2.33. The van der Waals surface area contributed by atoms with Crippen molar-refractivity contribution in [1.29, 1.82) is 0 Å².